The quantitative estimate of drug-likeness (QED) is 0.728. The molecule has 4 aliphatic carbocycles. The van der Waals surface area contributed by atoms with E-state index in [2.05, 4.69) is 25.1 Å². The Bertz CT molecular complexity index is 528. The fourth-order valence-corrected chi connectivity index (χ4v) is 5.63. The highest BCUT2D eigenvalue weighted by atomic mass is 14.6. The van der Waals surface area contributed by atoms with Gasteiger partial charge in [-0.15, -0.1) is 0 Å². The van der Waals surface area contributed by atoms with E-state index in [1.54, 1.807) is 0 Å². The summed E-state index contributed by atoms with van der Waals surface area (Å²) in [5, 5.41) is 9.46. The molecule has 0 unspecified atom stereocenters. The lowest BCUT2D eigenvalue weighted by Gasteiger charge is -2.57. The summed E-state index contributed by atoms with van der Waals surface area (Å²) < 4.78 is 0. The van der Waals surface area contributed by atoms with Crippen molar-refractivity contribution in [2.24, 2.45) is 17.8 Å². The number of nitrogens with zero attached hydrogens (tertiary/aromatic N) is 1. The second-order valence-electron chi connectivity index (χ2n) is 7.36. The minimum atomic E-state index is 0.353. The van der Waals surface area contributed by atoms with E-state index in [-0.39, 0.29) is 0 Å². The number of benzene rings is 1. The van der Waals surface area contributed by atoms with Crippen molar-refractivity contribution in [1.29, 1.82) is 5.26 Å². The third-order valence-corrected chi connectivity index (χ3v) is 5.91. The Balaban J connectivity index is 1.84. The summed E-state index contributed by atoms with van der Waals surface area (Å²) in [5.41, 5.74) is 3.98. The molecule has 0 aliphatic heterocycles. The molecular formula is C18H21N. The van der Waals surface area contributed by atoms with Gasteiger partial charge in [-0.05, 0) is 80.2 Å². The lowest BCUT2D eigenvalue weighted by Crippen LogP contribution is -2.48. The maximum atomic E-state index is 9.46. The van der Waals surface area contributed by atoms with Gasteiger partial charge in [0.1, 0.15) is 0 Å². The molecule has 4 bridgehead atoms. The molecule has 4 aliphatic rings. The summed E-state index contributed by atoms with van der Waals surface area (Å²) in [5.74, 6) is 2.83. The molecule has 1 nitrogen and oxygen atoms in total. The predicted octanol–water partition coefficient (Wildman–Crippen LogP) is 4.33. The summed E-state index contributed by atoms with van der Waals surface area (Å²) >= 11 is 0. The molecule has 5 rings (SSSR count). The number of rotatable bonds is 1. The summed E-state index contributed by atoms with van der Waals surface area (Å²) in [6.45, 7) is 2.16. The van der Waals surface area contributed by atoms with Crippen LogP contribution in [0.4, 0.5) is 0 Å². The van der Waals surface area contributed by atoms with Crippen LogP contribution in [0, 0.1) is 36.0 Å². The molecule has 0 saturated heterocycles. The van der Waals surface area contributed by atoms with Gasteiger partial charge in [0.05, 0.1) is 11.6 Å². The van der Waals surface area contributed by atoms with Gasteiger partial charge < -0.3 is 0 Å². The van der Waals surface area contributed by atoms with E-state index in [4.69, 9.17) is 0 Å². The molecule has 0 heterocycles. The third kappa shape index (κ3) is 1.66. The monoisotopic (exact) mass is 251 g/mol. The Labute approximate surface area is 115 Å². The van der Waals surface area contributed by atoms with Gasteiger partial charge in [0.15, 0.2) is 0 Å². The van der Waals surface area contributed by atoms with Crippen LogP contribution >= 0.6 is 0 Å². The fourth-order valence-electron chi connectivity index (χ4n) is 5.63. The van der Waals surface area contributed by atoms with Gasteiger partial charge in [-0.3, -0.25) is 0 Å². The van der Waals surface area contributed by atoms with Crippen molar-refractivity contribution in [3.05, 3.63) is 34.9 Å². The lowest BCUT2D eigenvalue weighted by atomic mass is 9.47. The maximum absolute atomic E-state index is 9.46. The van der Waals surface area contributed by atoms with E-state index >= 15 is 0 Å². The average Bonchev–Trinajstić information content (AvgIpc) is 2.37. The van der Waals surface area contributed by atoms with Crippen molar-refractivity contribution in [2.45, 2.75) is 50.9 Å². The minimum absolute atomic E-state index is 0.353. The Morgan fingerprint density at radius 1 is 1.05 bits per heavy atom. The van der Waals surface area contributed by atoms with Crippen LogP contribution in [0.25, 0.3) is 0 Å². The predicted molar refractivity (Wildman–Crippen MR) is 75.7 cm³/mol. The lowest BCUT2D eigenvalue weighted by molar-refractivity contribution is -0.00532. The molecule has 1 aromatic rings. The zero-order valence-electron chi connectivity index (χ0n) is 11.7. The van der Waals surface area contributed by atoms with Crippen LogP contribution in [0.15, 0.2) is 18.2 Å². The number of hydrogen-bond acceptors (Lipinski definition) is 1. The zero-order chi connectivity index (χ0) is 13.0. The van der Waals surface area contributed by atoms with Crippen LogP contribution in [0.1, 0.15) is 55.2 Å². The van der Waals surface area contributed by atoms with E-state index < -0.39 is 0 Å². The first kappa shape index (κ1) is 11.5. The highest BCUT2D eigenvalue weighted by molar-refractivity contribution is 5.46. The molecule has 4 saturated carbocycles. The van der Waals surface area contributed by atoms with Crippen LogP contribution in [0.2, 0.25) is 0 Å². The largest absolute Gasteiger partial charge is 0.192 e. The van der Waals surface area contributed by atoms with E-state index in [0.717, 1.165) is 23.3 Å². The standard InChI is InChI=1S/C18H21N/c1-12-2-3-16(11-19)17(4-12)18-8-13-5-14(9-18)7-15(6-13)10-18/h2-4,13-15H,5-10H2,1H3. The third-order valence-electron chi connectivity index (χ3n) is 5.91. The Hall–Kier alpha value is -1.29. The molecule has 1 aromatic carbocycles. The van der Waals surface area contributed by atoms with E-state index in [1.807, 2.05) is 6.07 Å². The van der Waals surface area contributed by atoms with Crippen molar-refractivity contribution in [3.63, 3.8) is 0 Å². The Morgan fingerprint density at radius 2 is 1.63 bits per heavy atom. The van der Waals surface area contributed by atoms with E-state index in [9.17, 15) is 5.26 Å². The summed E-state index contributed by atoms with van der Waals surface area (Å²) in [7, 11) is 0. The number of nitriles is 1. The first-order valence-corrected chi connectivity index (χ1v) is 7.70. The van der Waals surface area contributed by atoms with Gasteiger partial charge in [-0.2, -0.15) is 5.26 Å². The minimum Gasteiger partial charge on any atom is -0.192 e. The fraction of sp³-hybridized carbons (Fsp3) is 0.611. The summed E-state index contributed by atoms with van der Waals surface area (Å²) in [4.78, 5) is 0. The molecule has 0 atom stereocenters. The topological polar surface area (TPSA) is 23.8 Å². The van der Waals surface area contributed by atoms with Crippen molar-refractivity contribution in [3.8, 4) is 6.07 Å². The Morgan fingerprint density at radius 3 is 2.16 bits per heavy atom. The normalized spacial score (nSPS) is 39.3. The smallest absolute Gasteiger partial charge is 0.0994 e. The van der Waals surface area contributed by atoms with Crippen LogP contribution in [0.3, 0.4) is 0 Å². The van der Waals surface area contributed by atoms with Gasteiger partial charge in [0.25, 0.3) is 0 Å². The molecule has 4 fully saturated rings. The summed E-state index contributed by atoms with van der Waals surface area (Å²) in [6.07, 6.45) is 8.43. The molecule has 19 heavy (non-hydrogen) atoms. The highest BCUT2D eigenvalue weighted by Crippen LogP contribution is 2.61. The van der Waals surface area contributed by atoms with Gasteiger partial charge in [-0.1, -0.05) is 17.7 Å². The van der Waals surface area contributed by atoms with Crippen molar-refractivity contribution in [1.82, 2.24) is 0 Å². The molecular weight excluding hydrogens is 230 g/mol. The van der Waals surface area contributed by atoms with Crippen LogP contribution in [0.5, 0.6) is 0 Å². The molecule has 0 aromatic heterocycles. The molecule has 0 amide bonds. The number of hydrogen-bond donors (Lipinski definition) is 0. The van der Waals surface area contributed by atoms with E-state index in [0.29, 0.717) is 5.41 Å². The molecule has 1 heteroatoms. The molecule has 98 valence electrons. The maximum Gasteiger partial charge on any atom is 0.0994 e. The van der Waals surface area contributed by atoms with Crippen LogP contribution in [-0.4, -0.2) is 0 Å². The van der Waals surface area contributed by atoms with Gasteiger partial charge >= 0.3 is 0 Å². The van der Waals surface area contributed by atoms with Crippen LogP contribution in [-0.2, 0) is 5.41 Å². The molecule has 0 spiro atoms. The van der Waals surface area contributed by atoms with Gasteiger partial charge in [0, 0.05) is 0 Å². The second kappa shape index (κ2) is 3.85. The zero-order valence-corrected chi connectivity index (χ0v) is 11.7. The van der Waals surface area contributed by atoms with Crippen LogP contribution < -0.4 is 0 Å². The van der Waals surface area contributed by atoms with Crippen molar-refractivity contribution >= 4 is 0 Å². The second-order valence-corrected chi connectivity index (χ2v) is 7.36. The van der Waals surface area contributed by atoms with Crippen molar-refractivity contribution < 1.29 is 0 Å². The first-order valence-electron chi connectivity index (χ1n) is 7.70. The average molecular weight is 251 g/mol. The van der Waals surface area contributed by atoms with Gasteiger partial charge in [-0.25, -0.2) is 0 Å². The van der Waals surface area contributed by atoms with Gasteiger partial charge in [0.2, 0.25) is 0 Å². The molecule has 0 N–H and O–H groups in total. The SMILES string of the molecule is Cc1ccc(C#N)c(C23CC4CC(CC(C4)C2)C3)c1. The highest BCUT2D eigenvalue weighted by Gasteiger charge is 2.52. The summed E-state index contributed by atoms with van der Waals surface area (Å²) in [6, 6.07) is 8.89. The van der Waals surface area contributed by atoms with E-state index in [1.165, 1.54) is 49.7 Å². The first-order chi connectivity index (χ1) is 9.18. The van der Waals surface area contributed by atoms with Crippen molar-refractivity contribution in [2.75, 3.05) is 0 Å². The Kier molecular flexibility index (Phi) is 2.34. The number of aryl methyl sites for hydroxylation is 1. The molecule has 0 radical (unpaired) electrons.